The Morgan fingerprint density at radius 2 is 2.14 bits per heavy atom. The Hall–Kier alpha value is -1.78. The summed E-state index contributed by atoms with van der Waals surface area (Å²) in [5.41, 5.74) is 0. The number of sulfonamides is 1. The summed E-state index contributed by atoms with van der Waals surface area (Å²) in [6.07, 6.45) is 5.85. The standard InChI is InChI=1S/C18H25N5O3S2/c1-28(25,26)19-9-8-14-6-7-15(27-14)18(24)22-10-2-4-13(12-22)17-21-20-16-5-3-11-23(16)17/h6-7,13,19H,2-5,8-12H2,1H3/t13-/m1/s1. The van der Waals surface area contributed by atoms with Gasteiger partial charge in [-0.15, -0.1) is 21.5 Å². The zero-order valence-electron chi connectivity index (χ0n) is 15.9. The van der Waals surface area contributed by atoms with Crippen LogP contribution in [-0.2, 0) is 29.4 Å². The van der Waals surface area contributed by atoms with Crippen LogP contribution in [0, 0.1) is 0 Å². The lowest BCUT2D eigenvalue weighted by Crippen LogP contribution is -2.39. The summed E-state index contributed by atoms with van der Waals surface area (Å²) in [7, 11) is -3.19. The van der Waals surface area contributed by atoms with Gasteiger partial charge in [0.05, 0.1) is 11.1 Å². The van der Waals surface area contributed by atoms with Crippen molar-refractivity contribution in [2.24, 2.45) is 0 Å². The van der Waals surface area contributed by atoms with Gasteiger partial charge in [-0.05, 0) is 37.8 Å². The summed E-state index contributed by atoms with van der Waals surface area (Å²) < 4.78 is 27.0. The highest BCUT2D eigenvalue weighted by Gasteiger charge is 2.31. The Balaban J connectivity index is 1.39. The Bertz CT molecular complexity index is 966. The highest BCUT2D eigenvalue weighted by molar-refractivity contribution is 7.88. The van der Waals surface area contributed by atoms with Crippen LogP contribution in [0.5, 0.6) is 0 Å². The highest BCUT2D eigenvalue weighted by atomic mass is 32.2. The maximum Gasteiger partial charge on any atom is 0.263 e. The van der Waals surface area contributed by atoms with Crippen LogP contribution in [0.25, 0.3) is 0 Å². The molecule has 1 N–H and O–H groups in total. The van der Waals surface area contributed by atoms with Crippen molar-refractivity contribution in [2.45, 2.75) is 44.6 Å². The van der Waals surface area contributed by atoms with Gasteiger partial charge < -0.3 is 9.47 Å². The van der Waals surface area contributed by atoms with Gasteiger partial charge in [0.1, 0.15) is 11.6 Å². The molecule has 2 aliphatic heterocycles. The molecule has 8 nitrogen and oxygen atoms in total. The van der Waals surface area contributed by atoms with E-state index in [2.05, 4.69) is 19.5 Å². The summed E-state index contributed by atoms with van der Waals surface area (Å²) in [6, 6.07) is 3.76. The van der Waals surface area contributed by atoms with Crippen molar-refractivity contribution in [3.63, 3.8) is 0 Å². The number of nitrogens with zero attached hydrogens (tertiary/aromatic N) is 4. The van der Waals surface area contributed by atoms with Crippen molar-refractivity contribution in [3.8, 4) is 0 Å². The van der Waals surface area contributed by atoms with Crippen molar-refractivity contribution >= 4 is 27.3 Å². The molecular weight excluding hydrogens is 398 g/mol. The second-order valence-corrected chi connectivity index (χ2v) is 10.5. The third kappa shape index (κ3) is 4.28. The zero-order valence-corrected chi connectivity index (χ0v) is 17.6. The smallest absolute Gasteiger partial charge is 0.263 e. The third-order valence-electron chi connectivity index (χ3n) is 5.32. The van der Waals surface area contributed by atoms with Gasteiger partial charge in [0.15, 0.2) is 0 Å². The average Bonchev–Trinajstić information content (AvgIpc) is 3.37. The topological polar surface area (TPSA) is 97.2 Å². The molecule has 10 heteroatoms. The predicted molar refractivity (Wildman–Crippen MR) is 107 cm³/mol. The van der Waals surface area contributed by atoms with Gasteiger partial charge in [0, 0.05) is 43.4 Å². The Morgan fingerprint density at radius 1 is 1.29 bits per heavy atom. The first-order valence-electron chi connectivity index (χ1n) is 9.65. The van der Waals surface area contributed by atoms with Gasteiger partial charge in [-0.3, -0.25) is 4.79 Å². The summed E-state index contributed by atoms with van der Waals surface area (Å²) in [5.74, 6) is 2.40. The van der Waals surface area contributed by atoms with E-state index in [0.717, 1.165) is 61.6 Å². The molecule has 0 bridgehead atoms. The molecule has 28 heavy (non-hydrogen) atoms. The number of amides is 1. The Labute approximate surface area is 169 Å². The number of fused-ring (bicyclic) bond motifs is 1. The number of thiophene rings is 1. The average molecular weight is 424 g/mol. The molecule has 0 aliphatic carbocycles. The van der Waals surface area contributed by atoms with Crippen LogP contribution in [0.2, 0.25) is 0 Å². The molecule has 1 saturated heterocycles. The van der Waals surface area contributed by atoms with Gasteiger partial charge in [-0.25, -0.2) is 13.1 Å². The van der Waals surface area contributed by atoms with E-state index in [-0.39, 0.29) is 11.8 Å². The molecule has 2 aliphatic rings. The fraction of sp³-hybridized carbons (Fsp3) is 0.611. The first-order chi connectivity index (χ1) is 13.4. The van der Waals surface area contributed by atoms with E-state index < -0.39 is 10.0 Å². The van der Waals surface area contributed by atoms with Crippen molar-refractivity contribution in [3.05, 3.63) is 33.5 Å². The summed E-state index contributed by atoms with van der Waals surface area (Å²) >= 11 is 1.44. The normalized spacial score (nSPS) is 19.8. The van der Waals surface area contributed by atoms with Crippen molar-refractivity contribution < 1.29 is 13.2 Å². The molecule has 0 saturated carbocycles. The Kier molecular flexibility index (Phi) is 5.52. The van der Waals surface area contributed by atoms with E-state index in [1.807, 2.05) is 17.0 Å². The van der Waals surface area contributed by atoms with Crippen LogP contribution in [0.1, 0.15) is 51.4 Å². The number of carbonyl (C=O) groups is 1. The van der Waals surface area contributed by atoms with E-state index in [0.29, 0.717) is 24.4 Å². The van der Waals surface area contributed by atoms with Crippen LogP contribution in [0.15, 0.2) is 12.1 Å². The monoisotopic (exact) mass is 423 g/mol. The Morgan fingerprint density at radius 3 is 2.96 bits per heavy atom. The SMILES string of the molecule is CS(=O)(=O)NCCc1ccc(C(=O)N2CCC[C@@H](c3nnc4n3CCC4)C2)s1. The summed E-state index contributed by atoms with van der Waals surface area (Å²) in [4.78, 5) is 16.6. The van der Waals surface area contributed by atoms with E-state index in [1.165, 1.54) is 11.3 Å². The molecular formula is C18H25N5O3S2. The van der Waals surface area contributed by atoms with Crippen LogP contribution in [-0.4, -0.2) is 59.9 Å². The third-order valence-corrected chi connectivity index (χ3v) is 7.18. The van der Waals surface area contributed by atoms with E-state index in [9.17, 15) is 13.2 Å². The number of aryl methyl sites for hydroxylation is 1. The molecule has 4 heterocycles. The van der Waals surface area contributed by atoms with Crippen molar-refractivity contribution in [2.75, 3.05) is 25.9 Å². The molecule has 0 unspecified atom stereocenters. The first-order valence-corrected chi connectivity index (χ1v) is 12.4. The van der Waals surface area contributed by atoms with Gasteiger partial charge >= 0.3 is 0 Å². The van der Waals surface area contributed by atoms with E-state index in [4.69, 9.17) is 0 Å². The summed E-state index contributed by atoms with van der Waals surface area (Å²) in [5, 5.41) is 8.72. The number of hydrogen-bond donors (Lipinski definition) is 1. The van der Waals surface area contributed by atoms with Gasteiger partial charge in [0.2, 0.25) is 10.0 Å². The number of nitrogens with one attached hydrogen (secondary N) is 1. The van der Waals surface area contributed by atoms with E-state index in [1.54, 1.807) is 0 Å². The number of rotatable bonds is 6. The highest BCUT2D eigenvalue weighted by Crippen LogP contribution is 2.30. The fourth-order valence-corrected chi connectivity index (χ4v) is 5.44. The minimum absolute atomic E-state index is 0.0539. The molecule has 0 spiro atoms. The predicted octanol–water partition coefficient (Wildman–Crippen LogP) is 1.40. The number of likely N-dealkylation sites (tertiary alicyclic amines) is 1. The van der Waals surface area contributed by atoms with Gasteiger partial charge in [0.25, 0.3) is 5.91 Å². The fourth-order valence-electron chi connectivity index (χ4n) is 3.99. The van der Waals surface area contributed by atoms with E-state index >= 15 is 0 Å². The molecule has 4 rings (SSSR count). The molecule has 1 amide bonds. The molecule has 0 radical (unpaired) electrons. The maximum absolute atomic E-state index is 13.0. The minimum atomic E-state index is -3.19. The lowest BCUT2D eigenvalue weighted by Gasteiger charge is -2.32. The lowest BCUT2D eigenvalue weighted by atomic mass is 9.97. The molecule has 0 aromatic carbocycles. The van der Waals surface area contributed by atoms with Crippen LogP contribution in [0.4, 0.5) is 0 Å². The molecule has 152 valence electrons. The largest absolute Gasteiger partial charge is 0.337 e. The molecule has 2 aromatic rings. The minimum Gasteiger partial charge on any atom is -0.337 e. The lowest BCUT2D eigenvalue weighted by molar-refractivity contribution is 0.0708. The number of carbonyl (C=O) groups excluding carboxylic acids is 1. The van der Waals surface area contributed by atoms with Crippen LogP contribution >= 0.6 is 11.3 Å². The van der Waals surface area contributed by atoms with Gasteiger partial charge in [-0.2, -0.15) is 0 Å². The van der Waals surface area contributed by atoms with Crippen molar-refractivity contribution in [1.82, 2.24) is 24.4 Å². The number of hydrogen-bond acceptors (Lipinski definition) is 6. The first kappa shape index (κ1) is 19.5. The van der Waals surface area contributed by atoms with Gasteiger partial charge in [-0.1, -0.05) is 0 Å². The molecule has 1 atom stereocenters. The molecule has 1 fully saturated rings. The zero-order chi connectivity index (χ0) is 19.7. The van der Waals surface area contributed by atoms with Crippen LogP contribution < -0.4 is 4.72 Å². The second kappa shape index (κ2) is 7.92. The van der Waals surface area contributed by atoms with Crippen LogP contribution in [0.3, 0.4) is 0 Å². The quantitative estimate of drug-likeness (QED) is 0.757. The molecule has 2 aromatic heterocycles. The number of aromatic nitrogens is 3. The van der Waals surface area contributed by atoms with Crippen molar-refractivity contribution in [1.29, 1.82) is 0 Å². The number of piperidine rings is 1. The summed E-state index contributed by atoms with van der Waals surface area (Å²) in [6.45, 7) is 2.77. The second-order valence-electron chi connectivity index (χ2n) is 7.50. The maximum atomic E-state index is 13.0.